The zero-order chi connectivity index (χ0) is 60.3. The summed E-state index contributed by atoms with van der Waals surface area (Å²) in [5.41, 5.74) is 0. The molecule has 0 aliphatic carbocycles. The van der Waals surface area contributed by atoms with Gasteiger partial charge in [0.1, 0.15) is 18.8 Å². The van der Waals surface area contributed by atoms with Gasteiger partial charge in [0, 0.05) is 12.8 Å². The first-order chi connectivity index (χ1) is 40.6. The van der Waals surface area contributed by atoms with Crippen molar-refractivity contribution in [2.75, 3.05) is 13.2 Å². The molecule has 0 aromatic rings. The number of carbonyl (C=O) groups is 4. The van der Waals surface area contributed by atoms with Crippen LogP contribution in [0.15, 0.2) is 97.2 Å². The standard InChI is InChI=1S/C71H118O12/c1-4-7-10-13-16-19-22-25-28-30-32-34-37-39-42-45-48-51-54-57-63(72)79-60-62(81-64(73)58-55-52-49-46-43-40-36-27-24-21-18-15-12-9-6-3)61-80-71-69(67(76)66(75)68(83-71)70(77)78)82-65(74)59-56-53-50-47-44-41-38-35-33-31-29-26-23-20-17-14-11-8-5-2/h9,12,16,18-19,21,25-29,36,43,46,52,55,62,66-69,71,75-76H,4-8,10-11,13-15,17,20,22-24,30-35,37-42,44-45,47-51,53-54,56-61H2,1-3H3,(H,77,78)/b12-9-,19-16-,21-18-,28-25-,29-26-,36-27-,46-43-,55-52-. The molecule has 6 unspecified atom stereocenters. The minimum absolute atomic E-state index is 0.0446. The number of aliphatic hydroxyl groups is 2. The first kappa shape index (κ1) is 76.7. The number of unbranched alkanes of at least 4 members (excludes halogenated alkanes) is 27. The van der Waals surface area contributed by atoms with E-state index in [0.717, 1.165) is 89.9 Å². The monoisotopic (exact) mass is 1160 g/mol. The first-order valence-electron chi connectivity index (χ1n) is 33.2. The molecule has 0 spiro atoms. The second-order valence-electron chi connectivity index (χ2n) is 22.4. The molecule has 0 bridgehead atoms. The molecular formula is C71H118O12. The molecule has 0 radical (unpaired) electrons. The van der Waals surface area contributed by atoms with Gasteiger partial charge < -0.3 is 39.0 Å². The van der Waals surface area contributed by atoms with E-state index in [4.69, 9.17) is 23.7 Å². The lowest BCUT2D eigenvalue weighted by Gasteiger charge is -2.40. The van der Waals surface area contributed by atoms with Crippen molar-refractivity contribution >= 4 is 23.9 Å². The molecule has 1 fully saturated rings. The molecule has 0 aromatic carbocycles. The molecule has 1 saturated heterocycles. The maximum atomic E-state index is 13.1. The van der Waals surface area contributed by atoms with Crippen LogP contribution in [0.25, 0.3) is 0 Å². The molecule has 0 aromatic heterocycles. The highest BCUT2D eigenvalue weighted by atomic mass is 16.7. The number of aliphatic hydroxyl groups excluding tert-OH is 2. The number of carbonyl (C=O) groups excluding carboxylic acids is 3. The van der Waals surface area contributed by atoms with E-state index in [1.165, 1.54) is 128 Å². The number of carboxylic acids is 1. The van der Waals surface area contributed by atoms with E-state index in [1.807, 2.05) is 12.2 Å². The fourth-order valence-corrected chi connectivity index (χ4v) is 9.59. The second-order valence-corrected chi connectivity index (χ2v) is 22.4. The predicted octanol–water partition coefficient (Wildman–Crippen LogP) is 18.0. The average Bonchev–Trinajstić information content (AvgIpc) is 3.60. The Morgan fingerprint density at radius 1 is 0.422 bits per heavy atom. The summed E-state index contributed by atoms with van der Waals surface area (Å²) < 4.78 is 28.4. The van der Waals surface area contributed by atoms with Crippen LogP contribution in [-0.2, 0) is 42.9 Å². The van der Waals surface area contributed by atoms with Gasteiger partial charge in [0.15, 0.2) is 24.6 Å². The summed E-state index contributed by atoms with van der Waals surface area (Å²) in [5.74, 6) is -3.29. The molecule has 3 N–H and O–H groups in total. The molecule has 1 aliphatic heterocycles. The van der Waals surface area contributed by atoms with Crippen LogP contribution in [0.2, 0.25) is 0 Å². The van der Waals surface area contributed by atoms with Gasteiger partial charge in [-0.15, -0.1) is 0 Å². The van der Waals surface area contributed by atoms with Gasteiger partial charge in [0.25, 0.3) is 0 Å². The van der Waals surface area contributed by atoms with Crippen molar-refractivity contribution in [2.24, 2.45) is 0 Å². The summed E-state index contributed by atoms with van der Waals surface area (Å²) in [5, 5.41) is 31.6. The van der Waals surface area contributed by atoms with E-state index < -0.39 is 67.3 Å². The fraction of sp³-hybridized carbons (Fsp3) is 0.718. The zero-order valence-electron chi connectivity index (χ0n) is 52.4. The van der Waals surface area contributed by atoms with E-state index in [0.29, 0.717) is 19.3 Å². The van der Waals surface area contributed by atoms with Crippen LogP contribution in [-0.4, -0.2) is 89.2 Å². The van der Waals surface area contributed by atoms with Gasteiger partial charge in [0.05, 0.1) is 13.0 Å². The Hall–Kier alpha value is -4.36. The van der Waals surface area contributed by atoms with Crippen molar-refractivity contribution in [3.8, 4) is 0 Å². The van der Waals surface area contributed by atoms with Gasteiger partial charge in [-0.2, -0.15) is 0 Å². The van der Waals surface area contributed by atoms with Gasteiger partial charge in [-0.05, 0) is 103 Å². The summed E-state index contributed by atoms with van der Waals surface area (Å²) in [6.07, 6.45) is 65.4. The summed E-state index contributed by atoms with van der Waals surface area (Å²) in [6, 6.07) is 0. The number of hydrogen-bond acceptors (Lipinski definition) is 11. The molecule has 83 heavy (non-hydrogen) atoms. The maximum Gasteiger partial charge on any atom is 0.335 e. The van der Waals surface area contributed by atoms with Crippen molar-refractivity contribution in [3.63, 3.8) is 0 Å². The third-order valence-electron chi connectivity index (χ3n) is 14.6. The number of rotatable bonds is 56. The molecule has 12 nitrogen and oxygen atoms in total. The summed E-state index contributed by atoms with van der Waals surface area (Å²) in [6.45, 7) is 5.79. The normalized spacial score (nSPS) is 18.2. The SMILES string of the molecule is CC/C=C\C/C=C\C/C=C\C/C=C\C/C=C\CC(=O)OC(COC(=O)CCCCCCCCCCC/C=C\C/C=C\CCCCC)COC1OC(C(=O)O)C(O)C(O)C1OC(=O)CCCCCCCCCCC/C=C\CCCCCCCC. The van der Waals surface area contributed by atoms with E-state index in [2.05, 4.69) is 99.8 Å². The molecule has 6 atom stereocenters. The average molecular weight is 1160 g/mol. The van der Waals surface area contributed by atoms with Crippen LogP contribution >= 0.6 is 0 Å². The molecule has 1 rings (SSSR count). The van der Waals surface area contributed by atoms with E-state index in [1.54, 1.807) is 6.08 Å². The predicted molar refractivity (Wildman–Crippen MR) is 340 cm³/mol. The van der Waals surface area contributed by atoms with Crippen molar-refractivity contribution in [1.82, 2.24) is 0 Å². The van der Waals surface area contributed by atoms with Crippen LogP contribution in [0, 0.1) is 0 Å². The Labute approximate surface area is 504 Å². The van der Waals surface area contributed by atoms with Crippen LogP contribution in [0.1, 0.15) is 278 Å². The van der Waals surface area contributed by atoms with Gasteiger partial charge in [-0.1, -0.05) is 253 Å². The molecule has 1 heterocycles. The third-order valence-corrected chi connectivity index (χ3v) is 14.6. The second kappa shape index (κ2) is 58.0. The first-order valence-corrected chi connectivity index (χ1v) is 33.2. The number of hydrogen-bond donors (Lipinski definition) is 3. The number of allylic oxidation sites excluding steroid dienone is 15. The lowest BCUT2D eigenvalue weighted by molar-refractivity contribution is -0.301. The smallest absolute Gasteiger partial charge is 0.335 e. The largest absolute Gasteiger partial charge is 0.479 e. The van der Waals surface area contributed by atoms with Gasteiger partial charge in [-0.3, -0.25) is 14.4 Å². The summed E-state index contributed by atoms with van der Waals surface area (Å²) in [4.78, 5) is 51.3. The molecule has 0 amide bonds. The Morgan fingerprint density at radius 2 is 0.795 bits per heavy atom. The minimum atomic E-state index is -1.92. The van der Waals surface area contributed by atoms with E-state index >= 15 is 0 Å². The van der Waals surface area contributed by atoms with Crippen molar-refractivity contribution in [3.05, 3.63) is 97.2 Å². The van der Waals surface area contributed by atoms with Crippen molar-refractivity contribution in [1.29, 1.82) is 0 Å². The summed E-state index contributed by atoms with van der Waals surface area (Å²) >= 11 is 0. The van der Waals surface area contributed by atoms with Crippen molar-refractivity contribution < 1.29 is 58.2 Å². The highest BCUT2D eigenvalue weighted by Gasteiger charge is 2.50. The topological polar surface area (TPSA) is 175 Å². The molecule has 1 aliphatic rings. The molecule has 474 valence electrons. The Morgan fingerprint density at radius 3 is 1.25 bits per heavy atom. The van der Waals surface area contributed by atoms with E-state index in [-0.39, 0.29) is 25.9 Å². The van der Waals surface area contributed by atoms with Gasteiger partial charge in [-0.25, -0.2) is 4.79 Å². The lowest BCUT2D eigenvalue weighted by atomic mass is 9.98. The lowest BCUT2D eigenvalue weighted by Crippen LogP contribution is -2.61. The number of carboxylic acid groups (broad SMARTS) is 1. The quantitative estimate of drug-likeness (QED) is 0.0228. The molecule has 0 saturated carbocycles. The van der Waals surface area contributed by atoms with Crippen molar-refractivity contribution in [2.45, 2.75) is 314 Å². The van der Waals surface area contributed by atoms with E-state index in [9.17, 15) is 34.5 Å². The number of aliphatic carboxylic acids is 1. The van der Waals surface area contributed by atoms with Crippen LogP contribution in [0.4, 0.5) is 0 Å². The molecule has 12 heteroatoms. The van der Waals surface area contributed by atoms with Crippen LogP contribution in [0.3, 0.4) is 0 Å². The third kappa shape index (κ3) is 47.6. The Kier molecular flexibility index (Phi) is 53.6. The van der Waals surface area contributed by atoms with Crippen LogP contribution in [0.5, 0.6) is 0 Å². The Balaban J connectivity index is 2.68. The highest BCUT2D eigenvalue weighted by Crippen LogP contribution is 2.26. The fourth-order valence-electron chi connectivity index (χ4n) is 9.59. The van der Waals surface area contributed by atoms with Gasteiger partial charge >= 0.3 is 23.9 Å². The minimum Gasteiger partial charge on any atom is -0.479 e. The summed E-state index contributed by atoms with van der Waals surface area (Å²) in [7, 11) is 0. The van der Waals surface area contributed by atoms with Gasteiger partial charge in [0.2, 0.25) is 0 Å². The molecular weight excluding hydrogens is 1040 g/mol. The van der Waals surface area contributed by atoms with Crippen LogP contribution < -0.4 is 0 Å². The number of esters is 3. The zero-order valence-corrected chi connectivity index (χ0v) is 52.4. The number of ether oxygens (including phenoxy) is 5. The highest BCUT2D eigenvalue weighted by molar-refractivity contribution is 5.74. The maximum absolute atomic E-state index is 13.1. The Bertz CT molecular complexity index is 1810.